The van der Waals surface area contributed by atoms with Crippen molar-refractivity contribution in [2.75, 3.05) is 57.3 Å². The predicted molar refractivity (Wildman–Crippen MR) is 186 cm³/mol. The smallest absolute Gasteiger partial charge is 0.350 e. The predicted octanol–water partition coefficient (Wildman–Crippen LogP) is 1.84. The van der Waals surface area contributed by atoms with Crippen LogP contribution in [0.5, 0.6) is 0 Å². The molecule has 2 amide bonds. The molecule has 1 aromatic carbocycles. The fourth-order valence-corrected chi connectivity index (χ4v) is 7.77. The third-order valence-electron chi connectivity index (χ3n) is 10.3. The second-order valence-corrected chi connectivity index (χ2v) is 15.7. The number of halogens is 1. The number of carbonyl (C=O) groups excluding carboxylic acids is 2. The molecule has 0 unspecified atom stereocenters. The van der Waals surface area contributed by atoms with Gasteiger partial charge in [-0.25, -0.2) is 18.3 Å². The molecule has 6 rings (SSSR count). The van der Waals surface area contributed by atoms with Crippen molar-refractivity contribution in [2.45, 2.75) is 90.6 Å². The highest BCUT2D eigenvalue weighted by Crippen LogP contribution is 2.42. The Hall–Kier alpha value is -3.65. The quantitative estimate of drug-likeness (QED) is 0.371. The Balaban J connectivity index is 1.33. The van der Waals surface area contributed by atoms with Gasteiger partial charge in [-0.2, -0.15) is 0 Å². The topological polar surface area (TPSA) is 119 Å². The average molecular weight is 679 g/mol. The van der Waals surface area contributed by atoms with Crippen LogP contribution in [0.1, 0.15) is 65.3 Å². The number of benzene rings is 1. The van der Waals surface area contributed by atoms with Gasteiger partial charge in [-0.1, -0.05) is 26.0 Å². The van der Waals surface area contributed by atoms with Gasteiger partial charge in [0, 0.05) is 88.3 Å². The van der Waals surface area contributed by atoms with E-state index in [1.54, 1.807) is 37.3 Å². The van der Waals surface area contributed by atoms with Crippen molar-refractivity contribution in [2.24, 2.45) is 0 Å². The Morgan fingerprint density at radius 2 is 1.82 bits per heavy atom. The van der Waals surface area contributed by atoms with Crippen LogP contribution < -0.4 is 15.9 Å². The van der Waals surface area contributed by atoms with Gasteiger partial charge in [0.1, 0.15) is 5.82 Å². The molecule has 5 heterocycles. The van der Waals surface area contributed by atoms with Crippen LogP contribution >= 0.6 is 0 Å². The van der Waals surface area contributed by atoms with E-state index in [-0.39, 0.29) is 54.5 Å². The molecule has 49 heavy (non-hydrogen) atoms. The van der Waals surface area contributed by atoms with Gasteiger partial charge in [0.15, 0.2) is 5.65 Å². The number of anilines is 1. The minimum Gasteiger partial charge on any atom is -0.389 e. The van der Waals surface area contributed by atoms with E-state index >= 15 is 0 Å². The molecule has 3 atom stereocenters. The Morgan fingerprint density at radius 1 is 1.10 bits per heavy atom. The number of nitrogens with zero attached hydrogens (tertiary/aromatic N) is 7. The van der Waals surface area contributed by atoms with Crippen LogP contribution in [0, 0.1) is 5.82 Å². The van der Waals surface area contributed by atoms with Gasteiger partial charge in [-0.15, -0.1) is 5.10 Å². The van der Waals surface area contributed by atoms with Crippen LogP contribution in [0.25, 0.3) is 5.65 Å². The number of piperazine rings is 2. The number of aromatic nitrogens is 3. The summed E-state index contributed by atoms with van der Waals surface area (Å²) < 4.78 is 16.7. The maximum atomic E-state index is 14.4. The van der Waals surface area contributed by atoms with Crippen LogP contribution in [0.15, 0.2) is 35.1 Å². The number of carbonyl (C=O) groups is 2. The third-order valence-corrected chi connectivity index (χ3v) is 10.3. The number of amides is 2. The van der Waals surface area contributed by atoms with Crippen molar-refractivity contribution in [3.8, 4) is 0 Å². The molecule has 0 saturated carbocycles. The molecule has 13 heteroatoms. The molecular weight excluding hydrogens is 627 g/mol. The van der Waals surface area contributed by atoms with Gasteiger partial charge in [-0.3, -0.25) is 19.4 Å². The van der Waals surface area contributed by atoms with E-state index in [0.29, 0.717) is 43.1 Å². The molecule has 2 fully saturated rings. The highest BCUT2D eigenvalue weighted by atomic mass is 19.1. The maximum Gasteiger partial charge on any atom is 0.350 e. The summed E-state index contributed by atoms with van der Waals surface area (Å²) in [5.74, 6) is -0.268. The minimum absolute atomic E-state index is 0.00628. The zero-order valence-corrected chi connectivity index (χ0v) is 29.9. The number of hydrogen-bond acceptors (Lipinski definition) is 8. The molecule has 3 aromatic rings. The second-order valence-electron chi connectivity index (χ2n) is 15.7. The Labute approximate surface area is 287 Å². The van der Waals surface area contributed by atoms with Crippen LogP contribution in [-0.2, 0) is 28.0 Å². The van der Waals surface area contributed by atoms with Gasteiger partial charge in [-0.05, 0) is 51.5 Å². The number of pyridine rings is 1. The van der Waals surface area contributed by atoms with Crippen LogP contribution in [-0.4, -0.2) is 122 Å². The first-order chi connectivity index (χ1) is 23.0. The minimum atomic E-state index is -1.17. The van der Waals surface area contributed by atoms with Crippen molar-refractivity contribution >= 4 is 23.1 Å². The summed E-state index contributed by atoms with van der Waals surface area (Å²) in [4.78, 5) is 48.8. The van der Waals surface area contributed by atoms with Crippen LogP contribution in [0.2, 0.25) is 0 Å². The van der Waals surface area contributed by atoms with E-state index in [9.17, 15) is 23.9 Å². The molecule has 0 radical (unpaired) electrons. The van der Waals surface area contributed by atoms with Crippen LogP contribution in [0.4, 0.5) is 10.1 Å². The maximum absolute atomic E-state index is 14.4. The fraction of sp³-hybridized carbons (Fsp3) is 0.611. The zero-order chi connectivity index (χ0) is 35.4. The van der Waals surface area contributed by atoms with Gasteiger partial charge >= 0.3 is 5.69 Å². The molecule has 0 aliphatic carbocycles. The Morgan fingerprint density at radius 3 is 2.47 bits per heavy atom. The van der Waals surface area contributed by atoms with E-state index < -0.39 is 11.0 Å². The van der Waals surface area contributed by atoms with E-state index in [1.807, 2.05) is 29.7 Å². The van der Waals surface area contributed by atoms with Gasteiger partial charge in [0.2, 0.25) is 11.8 Å². The lowest BCUT2D eigenvalue weighted by Gasteiger charge is -2.45. The Kier molecular flexibility index (Phi) is 9.50. The second kappa shape index (κ2) is 13.2. The lowest BCUT2D eigenvalue weighted by molar-refractivity contribution is -0.132. The van der Waals surface area contributed by atoms with E-state index in [4.69, 9.17) is 5.10 Å². The normalized spacial score (nSPS) is 23.3. The summed E-state index contributed by atoms with van der Waals surface area (Å²) >= 11 is 0. The summed E-state index contributed by atoms with van der Waals surface area (Å²) in [7, 11) is 0. The molecular formula is C36H51FN8O4. The summed E-state index contributed by atoms with van der Waals surface area (Å²) in [6, 6.07) is 8.77. The number of aliphatic hydroxyl groups is 1. The molecule has 266 valence electrons. The molecule has 3 aliphatic heterocycles. The van der Waals surface area contributed by atoms with Crippen molar-refractivity contribution < 1.29 is 19.1 Å². The number of fused-ring (bicyclic) bond motifs is 3. The first kappa shape index (κ1) is 35.2. The largest absolute Gasteiger partial charge is 0.389 e. The first-order valence-electron chi connectivity index (χ1n) is 17.4. The molecule has 0 spiro atoms. The number of rotatable bonds is 8. The SMILES string of the molecule is CC(=O)N1CCN(C[C@H]2CN[C@H](C)CN2CC(=O)N2CC(C)(C)c3c2cc(Cc2ccc(F)cc2)c2nn(CC(C)(C)O)c(=O)n32)[C@H](C)C1. The molecule has 2 aromatic heterocycles. The summed E-state index contributed by atoms with van der Waals surface area (Å²) in [5, 5.41) is 18.9. The lowest BCUT2D eigenvalue weighted by atomic mass is 9.90. The molecule has 12 nitrogen and oxygen atoms in total. The Bertz CT molecular complexity index is 1780. The lowest BCUT2D eigenvalue weighted by Crippen LogP contribution is -2.63. The average Bonchev–Trinajstić information content (AvgIpc) is 3.47. The van der Waals surface area contributed by atoms with Crippen molar-refractivity contribution in [3.63, 3.8) is 0 Å². The zero-order valence-electron chi connectivity index (χ0n) is 29.9. The fourth-order valence-electron chi connectivity index (χ4n) is 7.77. The van der Waals surface area contributed by atoms with Crippen LogP contribution in [0.3, 0.4) is 0 Å². The molecule has 0 bridgehead atoms. The van der Waals surface area contributed by atoms with Gasteiger partial charge in [0.25, 0.3) is 0 Å². The number of hydrogen-bond donors (Lipinski definition) is 2. The standard InChI is InChI=1S/C36H51FN8O4/c1-23-17-42(29(16-38-23)19-40-12-13-41(25(3)46)18-24(40)2)20-31(47)43-21-35(4,5)32-30(43)15-27(14-26-8-10-28(37)11-9-26)33-39-44(22-36(6,7)49)34(48)45(32)33/h8-11,15,23-24,29,38,49H,12-14,16-22H2,1-7H3/t23-,24-,29-/m1/s1. The van der Waals surface area contributed by atoms with Crippen molar-refractivity contribution in [1.29, 1.82) is 0 Å². The van der Waals surface area contributed by atoms with Crippen molar-refractivity contribution in [3.05, 3.63) is 63.5 Å². The monoisotopic (exact) mass is 678 g/mol. The molecule has 3 aliphatic rings. The van der Waals surface area contributed by atoms with E-state index in [0.717, 1.165) is 37.3 Å². The molecule has 2 saturated heterocycles. The number of nitrogens with one attached hydrogen (secondary N) is 1. The summed E-state index contributed by atoms with van der Waals surface area (Å²) in [6.45, 7) is 18.4. The van der Waals surface area contributed by atoms with E-state index in [2.05, 4.69) is 29.0 Å². The van der Waals surface area contributed by atoms with E-state index in [1.165, 1.54) is 16.8 Å². The molecule has 2 N–H and O–H groups in total. The first-order valence-corrected chi connectivity index (χ1v) is 17.4. The van der Waals surface area contributed by atoms with Crippen molar-refractivity contribution in [1.82, 2.24) is 34.2 Å². The highest BCUT2D eigenvalue weighted by Gasteiger charge is 2.43. The summed E-state index contributed by atoms with van der Waals surface area (Å²) in [6.07, 6.45) is 0.380. The highest BCUT2D eigenvalue weighted by molar-refractivity contribution is 5.98. The van der Waals surface area contributed by atoms with Gasteiger partial charge < -0.3 is 20.2 Å². The van der Waals surface area contributed by atoms with Gasteiger partial charge in [0.05, 0.1) is 30.1 Å². The summed E-state index contributed by atoms with van der Waals surface area (Å²) in [5.41, 5.74) is 1.34. The third kappa shape index (κ3) is 7.30.